The summed E-state index contributed by atoms with van der Waals surface area (Å²) in [5, 5.41) is 5.33. The summed E-state index contributed by atoms with van der Waals surface area (Å²) in [6.45, 7) is 5.17. The van der Waals surface area contributed by atoms with Gasteiger partial charge >= 0.3 is 12.1 Å². The molecule has 1 amide bonds. The third kappa shape index (κ3) is 5.48. The van der Waals surface area contributed by atoms with E-state index in [4.69, 9.17) is 10.5 Å². The maximum absolute atomic E-state index is 12.6. The van der Waals surface area contributed by atoms with Crippen LogP contribution in [0.1, 0.15) is 42.6 Å². The fourth-order valence-corrected chi connectivity index (χ4v) is 4.56. The second-order valence-electron chi connectivity index (χ2n) is 9.39. The summed E-state index contributed by atoms with van der Waals surface area (Å²) in [5.74, 6) is -2.81. The number of benzene rings is 2. The van der Waals surface area contributed by atoms with Gasteiger partial charge in [-0.2, -0.15) is 18.3 Å². The summed E-state index contributed by atoms with van der Waals surface area (Å²) in [5.41, 5.74) is 7.12. The third-order valence-electron chi connectivity index (χ3n) is 6.57. The molecule has 35 heavy (non-hydrogen) atoms. The van der Waals surface area contributed by atoms with Crippen LogP contribution in [0.4, 0.5) is 13.2 Å². The fraction of sp³-hybridized carbons (Fsp3) is 0.400. The maximum Gasteiger partial charge on any atom is 0.490 e. The Morgan fingerprint density at radius 3 is 2.34 bits per heavy atom. The molecule has 1 fully saturated rings. The fourth-order valence-electron chi connectivity index (χ4n) is 4.56. The lowest BCUT2D eigenvalue weighted by atomic mass is 9.82. The standard InChI is InChI=1S/C25H27F3N4O3/c1-24(2,35-23(34)25(26,27)28)18-10-12-31(13-11-18)14-16-6-8-19(9-7-16)32-15-17-4-3-5-20(22(29)33)21(17)30-32/h3-9,15,18H,10-14H2,1-2H3,(H2,29,33). The van der Waals surface area contributed by atoms with Crippen LogP contribution in [-0.2, 0) is 16.1 Å². The average molecular weight is 489 g/mol. The van der Waals surface area contributed by atoms with Crippen molar-refractivity contribution < 1.29 is 27.5 Å². The summed E-state index contributed by atoms with van der Waals surface area (Å²) in [4.78, 5) is 25.2. The minimum absolute atomic E-state index is 0.147. The number of alkyl halides is 3. The number of ether oxygens (including phenoxy) is 1. The molecular weight excluding hydrogens is 461 g/mol. The number of fused-ring (bicyclic) bond motifs is 1. The lowest BCUT2D eigenvalue weighted by Gasteiger charge is -2.40. The first kappa shape index (κ1) is 24.7. The van der Waals surface area contributed by atoms with E-state index in [1.54, 1.807) is 30.7 Å². The number of esters is 1. The Labute approximate surface area is 200 Å². The molecule has 0 radical (unpaired) electrons. The van der Waals surface area contributed by atoms with Gasteiger partial charge in [-0.3, -0.25) is 9.69 Å². The zero-order chi connectivity index (χ0) is 25.4. The molecular formula is C25H27F3N4O3. The van der Waals surface area contributed by atoms with Crippen molar-refractivity contribution in [3.05, 3.63) is 59.8 Å². The van der Waals surface area contributed by atoms with Crippen molar-refractivity contribution in [3.63, 3.8) is 0 Å². The highest BCUT2D eigenvalue weighted by Crippen LogP contribution is 2.33. The number of halogens is 3. The molecule has 1 aliphatic rings. The first-order chi connectivity index (χ1) is 16.4. The Morgan fingerprint density at radius 2 is 1.74 bits per heavy atom. The van der Waals surface area contributed by atoms with Gasteiger partial charge in [-0.1, -0.05) is 24.3 Å². The van der Waals surface area contributed by atoms with Crippen molar-refractivity contribution in [2.75, 3.05) is 13.1 Å². The first-order valence-electron chi connectivity index (χ1n) is 11.3. The van der Waals surface area contributed by atoms with E-state index in [-0.39, 0.29) is 5.92 Å². The molecule has 0 aliphatic carbocycles. The Kier molecular flexibility index (Phi) is 6.59. The number of nitrogens with zero attached hydrogens (tertiary/aromatic N) is 3. The maximum atomic E-state index is 12.6. The van der Waals surface area contributed by atoms with Crippen LogP contribution in [0.15, 0.2) is 48.7 Å². The number of hydrogen-bond donors (Lipinski definition) is 1. The molecule has 0 atom stereocenters. The molecule has 7 nitrogen and oxygen atoms in total. The van der Waals surface area contributed by atoms with Crippen LogP contribution in [0.5, 0.6) is 0 Å². The number of carbonyl (C=O) groups is 2. The predicted octanol–water partition coefficient (Wildman–Crippen LogP) is 4.22. The summed E-state index contributed by atoms with van der Waals surface area (Å²) in [6.07, 6.45) is -1.87. The molecule has 1 aromatic heterocycles. The van der Waals surface area contributed by atoms with Gasteiger partial charge in [-0.25, -0.2) is 9.48 Å². The van der Waals surface area contributed by atoms with Crippen molar-refractivity contribution in [2.24, 2.45) is 11.7 Å². The van der Waals surface area contributed by atoms with E-state index in [0.717, 1.165) is 16.6 Å². The number of hydrogen-bond acceptors (Lipinski definition) is 5. The van der Waals surface area contributed by atoms with Crippen molar-refractivity contribution >= 4 is 22.8 Å². The van der Waals surface area contributed by atoms with E-state index >= 15 is 0 Å². The van der Waals surface area contributed by atoms with Crippen molar-refractivity contribution in [3.8, 4) is 5.69 Å². The number of piperidine rings is 1. The van der Waals surface area contributed by atoms with E-state index in [1.807, 2.05) is 36.5 Å². The molecule has 186 valence electrons. The molecule has 0 saturated carbocycles. The smallest absolute Gasteiger partial charge is 0.453 e. The highest BCUT2D eigenvalue weighted by Gasteiger charge is 2.46. The highest BCUT2D eigenvalue weighted by atomic mass is 19.4. The van der Waals surface area contributed by atoms with Crippen LogP contribution in [0.3, 0.4) is 0 Å². The molecule has 3 aromatic rings. The Hall–Kier alpha value is -3.40. The molecule has 10 heteroatoms. The zero-order valence-electron chi connectivity index (χ0n) is 19.5. The monoisotopic (exact) mass is 488 g/mol. The lowest BCUT2D eigenvalue weighted by Crippen LogP contribution is -2.46. The predicted molar refractivity (Wildman–Crippen MR) is 124 cm³/mol. The van der Waals surface area contributed by atoms with E-state index in [2.05, 4.69) is 10.00 Å². The zero-order valence-corrected chi connectivity index (χ0v) is 19.5. The topological polar surface area (TPSA) is 90.5 Å². The van der Waals surface area contributed by atoms with Crippen molar-refractivity contribution in [1.29, 1.82) is 0 Å². The summed E-state index contributed by atoms with van der Waals surface area (Å²) in [7, 11) is 0. The minimum atomic E-state index is -4.99. The largest absolute Gasteiger partial charge is 0.490 e. The molecule has 0 spiro atoms. The number of primary amides is 1. The Balaban J connectivity index is 1.36. The summed E-state index contributed by atoms with van der Waals surface area (Å²) >= 11 is 0. The summed E-state index contributed by atoms with van der Waals surface area (Å²) in [6, 6.07) is 13.2. The number of aromatic nitrogens is 2. The number of carbonyl (C=O) groups excluding carboxylic acids is 2. The highest BCUT2D eigenvalue weighted by molar-refractivity contribution is 6.04. The van der Waals surface area contributed by atoms with E-state index in [1.165, 1.54) is 0 Å². The van der Waals surface area contributed by atoms with Crippen LogP contribution in [0.25, 0.3) is 16.6 Å². The van der Waals surface area contributed by atoms with Gasteiger partial charge in [0.25, 0.3) is 5.91 Å². The molecule has 1 aliphatic heterocycles. The normalized spacial score (nSPS) is 15.9. The van der Waals surface area contributed by atoms with Gasteiger partial charge in [-0.05, 0) is 63.5 Å². The molecule has 0 unspecified atom stereocenters. The molecule has 1 saturated heterocycles. The van der Waals surface area contributed by atoms with Crippen LogP contribution in [0, 0.1) is 5.92 Å². The molecule has 2 N–H and O–H groups in total. The van der Waals surface area contributed by atoms with Crippen LogP contribution in [-0.4, -0.2) is 51.4 Å². The van der Waals surface area contributed by atoms with E-state index in [0.29, 0.717) is 43.6 Å². The number of nitrogens with two attached hydrogens (primary N) is 1. The lowest BCUT2D eigenvalue weighted by molar-refractivity contribution is -0.216. The van der Waals surface area contributed by atoms with Crippen LogP contribution in [0.2, 0.25) is 0 Å². The van der Waals surface area contributed by atoms with Gasteiger partial charge < -0.3 is 10.5 Å². The second-order valence-corrected chi connectivity index (χ2v) is 9.39. The van der Waals surface area contributed by atoms with Crippen LogP contribution >= 0.6 is 0 Å². The quantitative estimate of drug-likeness (QED) is 0.525. The molecule has 4 rings (SSSR count). The van der Waals surface area contributed by atoms with Gasteiger partial charge in [0.15, 0.2) is 0 Å². The van der Waals surface area contributed by atoms with E-state index < -0.39 is 23.7 Å². The van der Waals surface area contributed by atoms with Gasteiger partial charge in [0.2, 0.25) is 0 Å². The molecule has 2 aromatic carbocycles. The number of likely N-dealkylation sites (tertiary alicyclic amines) is 1. The number of amides is 1. The number of rotatable bonds is 6. The van der Waals surface area contributed by atoms with Crippen LogP contribution < -0.4 is 5.73 Å². The van der Waals surface area contributed by atoms with Gasteiger partial charge in [0.1, 0.15) is 11.1 Å². The Morgan fingerprint density at radius 1 is 1.09 bits per heavy atom. The van der Waals surface area contributed by atoms with Gasteiger partial charge in [-0.15, -0.1) is 0 Å². The SMILES string of the molecule is CC(C)(OC(=O)C(F)(F)F)C1CCN(Cc2ccc(-n3cc4cccc(C(N)=O)c4n3)cc2)CC1. The first-order valence-corrected chi connectivity index (χ1v) is 11.3. The van der Waals surface area contributed by atoms with Crippen molar-refractivity contribution in [2.45, 2.75) is 45.0 Å². The molecule has 0 bridgehead atoms. The minimum Gasteiger partial charge on any atom is -0.453 e. The second kappa shape index (κ2) is 9.33. The molecule has 2 heterocycles. The average Bonchev–Trinajstić information content (AvgIpc) is 3.23. The van der Waals surface area contributed by atoms with Crippen molar-refractivity contribution in [1.82, 2.24) is 14.7 Å². The van der Waals surface area contributed by atoms with Gasteiger partial charge in [0, 0.05) is 24.0 Å². The third-order valence-corrected chi connectivity index (χ3v) is 6.57. The van der Waals surface area contributed by atoms with E-state index in [9.17, 15) is 22.8 Å². The van der Waals surface area contributed by atoms with Gasteiger partial charge in [0.05, 0.1) is 11.3 Å². The Bertz CT molecular complexity index is 1230. The summed E-state index contributed by atoms with van der Waals surface area (Å²) < 4.78 is 44.2.